The monoisotopic (exact) mass is 370 g/mol. The molecule has 1 aliphatic rings. The number of halogens is 3. The van der Waals surface area contributed by atoms with E-state index in [4.69, 9.17) is 30.5 Å². The van der Waals surface area contributed by atoms with Crippen molar-refractivity contribution in [3.63, 3.8) is 0 Å². The molecule has 0 saturated carbocycles. The largest absolute Gasteiger partial charge is 0.486 e. The Morgan fingerprint density at radius 2 is 1.72 bits per heavy atom. The van der Waals surface area contributed by atoms with Crippen LogP contribution in [-0.4, -0.2) is 25.6 Å². The summed E-state index contributed by atoms with van der Waals surface area (Å²) < 4.78 is 48.7. The minimum absolute atomic E-state index is 0.0416. The van der Waals surface area contributed by atoms with Gasteiger partial charge in [0.15, 0.2) is 0 Å². The van der Waals surface area contributed by atoms with Crippen molar-refractivity contribution >= 4 is 11.6 Å². The van der Waals surface area contributed by atoms with Crippen molar-refractivity contribution in [2.75, 3.05) is 19.8 Å². The maximum Gasteiger partial charge on any atom is 0.202 e. The lowest BCUT2D eigenvalue weighted by Crippen LogP contribution is -2.36. The quantitative estimate of drug-likeness (QED) is 0.721. The van der Waals surface area contributed by atoms with Crippen LogP contribution >= 0.6 is 11.6 Å². The lowest BCUT2D eigenvalue weighted by atomic mass is 10.2. The first-order valence-electron chi connectivity index (χ1n) is 7.84. The summed E-state index contributed by atoms with van der Waals surface area (Å²) in [7, 11) is 0. The minimum atomic E-state index is -0.752. The topological polar surface area (TPSA) is 36.9 Å². The summed E-state index contributed by atoms with van der Waals surface area (Å²) in [6, 6.07) is 7.66. The van der Waals surface area contributed by atoms with Crippen molar-refractivity contribution in [2.45, 2.75) is 19.1 Å². The first-order valence-corrected chi connectivity index (χ1v) is 8.22. The van der Waals surface area contributed by atoms with Crippen LogP contribution in [-0.2, 0) is 9.47 Å². The molecule has 134 valence electrons. The third kappa shape index (κ3) is 4.39. The van der Waals surface area contributed by atoms with Crippen molar-refractivity contribution in [1.29, 1.82) is 0 Å². The van der Waals surface area contributed by atoms with Crippen LogP contribution in [0.5, 0.6) is 17.2 Å². The third-order valence-electron chi connectivity index (χ3n) is 3.77. The lowest BCUT2D eigenvalue weighted by molar-refractivity contribution is -0.178. The molecule has 0 atom stereocenters. The number of rotatable bonds is 6. The van der Waals surface area contributed by atoms with Crippen LogP contribution in [0.1, 0.15) is 13.3 Å². The van der Waals surface area contributed by atoms with Gasteiger partial charge in [-0.25, -0.2) is 8.78 Å². The number of hydrogen-bond donors (Lipinski definition) is 0. The Morgan fingerprint density at radius 1 is 1.04 bits per heavy atom. The van der Waals surface area contributed by atoms with Gasteiger partial charge in [-0.2, -0.15) is 0 Å². The van der Waals surface area contributed by atoms with E-state index in [1.807, 2.05) is 6.92 Å². The molecule has 2 aromatic rings. The van der Waals surface area contributed by atoms with Crippen molar-refractivity contribution in [3.05, 3.63) is 53.1 Å². The van der Waals surface area contributed by atoms with Crippen LogP contribution in [0.25, 0.3) is 0 Å². The first kappa shape index (κ1) is 17.9. The van der Waals surface area contributed by atoms with E-state index in [9.17, 15) is 8.78 Å². The van der Waals surface area contributed by atoms with Crippen molar-refractivity contribution in [3.8, 4) is 17.2 Å². The van der Waals surface area contributed by atoms with E-state index in [0.717, 1.165) is 18.2 Å². The maximum absolute atomic E-state index is 13.2. The summed E-state index contributed by atoms with van der Waals surface area (Å²) in [5.41, 5.74) is 0. The molecule has 0 amide bonds. The van der Waals surface area contributed by atoms with E-state index in [2.05, 4.69) is 0 Å². The fourth-order valence-electron chi connectivity index (χ4n) is 2.46. The predicted molar refractivity (Wildman–Crippen MR) is 88.3 cm³/mol. The van der Waals surface area contributed by atoms with Crippen molar-refractivity contribution in [1.82, 2.24) is 0 Å². The fraction of sp³-hybridized carbons (Fsp3) is 0.333. The minimum Gasteiger partial charge on any atom is -0.486 e. The Morgan fingerprint density at radius 3 is 2.32 bits per heavy atom. The molecule has 3 rings (SSSR count). The first-order chi connectivity index (χ1) is 12.0. The normalized spacial score (nSPS) is 16.0. The van der Waals surface area contributed by atoms with Crippen molar-refractivity contribution in [2.24, 2.45) is 0 Å². The summed E-state index contributed by atoms with van der Waals surface area (Å²) in [4.78, 5) is 0. The molecule has 0 N–H and O–H groups in total. The maximum atomic E-state index is 13.2. The number of benzene rings is 2. The molecule has 4 nitrogen and oxygen atoms in total. The van der Waals surface area contributed by atoms with Gasteiger partial charge in [0.2, 0.25) is 5.79 Å². The summed E-state index contributed by atoms with van der Waals surface area (Å²) in [5.74, 6) is -1.38. The average molecular weight is 371 g/mol. The zero-order valence-corrected chi connectivity index (χ0v) is 14.3. The van der Waals surface area contributed by atoms with Gasteiger partial charge in [0.25, 0.3) is 0 Å². The van der Waals surface area contributed by atoms with Crippen LogP contribution < -0.4 is 9.47 Å². The Kier molecular flexibility index (Phi) is 5.42. The lowest BCUT2D eigenvalue weighted by Gasteiger charge is -2.26. The zero-order valence-electron chi connectivity index (χ0n) is 13.6. The number of hydrogen-bond acceptors (Lipinski definition) is 4. The van der Waals surface area contributed by atoms with E-state index in [1.165, 1.54) is 6.07 Å². The Hall–Kier alpha value is -1.89. The standard InChI is InChI=1S/C18H17ClF2O4/c1-2-18(23-5-6-24-18)11-22-17-4-3-14(10-16(17)19)25-15-8-12(20)7-13(21)9-15/h3-4,7-10H,2,5-6,11H2,1H3. The molecular formula is C18H17ClF2O4. The second-order valence-electron chi connectivity index (χ2n) is 5.55. The highest BCUT2D eigenvalue weighted by Gasteiger charge is 2.35. The zero-order chi connectivity index (χ0) is 17.9. The van der Waals surface area contributed by atoms with Crippen LogP contribution in [0.4, 0.5) is 8.78 Å². The summed E-state index contributed by atoms with van der Waals surface area (Å²) >= 11 is 6.20. The Labute approximate surface area is 149 Å². The van der Waals surface area contributed by atoms with Gasteiger partial charge in [-0.1, -0.05) is 18.5 Å². The molecule has 1 saturated heterocycles. The predicted octanol–water partition coefficient (Wildman–Crippen LogP) is 4.94. The highest BCUT2D eigenvalue weighted by Crippen LogP contribution is 2.33. The molecule has 1 fully saturated rings. The second kappa shape index (κ2) is 7.56. The van der Waals surface area contributed by atoms with E-state index in [-0.39, 0.29) is 12.4 Å². The molecule has 0 spiro atoms. The van der Waals surface area contributed by atoms with Gasteiger partial charge in [0.1, 0.15) is 35.5 Å². The van der Waals surface area contributed by atoms with Gasteiger partial charge in [0, 0.05) is 30.7 Å². The molecule has 7 heteroatoms. The van der Waals surface area contributed by atoms with Gasteiger partial charge in [-0.05, 0) is 12.1 Å². The van der Waals surface area contributed by atoms with Gasteiger partial charge >= 0.3 is 0 Å². The van der Waals surface area contributed by atoms with Gasteiger partial charge in [-0.3, -0.25) is 0 Å². The van der Waals surface area contributed by atoms with Crippen LogP contribution in [0, 0.1) is 11.6 Å². The number of ether oxygens (including phenoxy) is 4. The average Bonchev–Trinajstić information content (AvgIpc) is 3.02. The third-order valence-corrected chi connectivity index (χ3v) is 4.07. The summed E-state index contributed by atoms with van der Waals surface area (Å²) in [6.45, 7) is 3.22. The van der Waals surface area contributed by atoms with Gasteiger partial charge in [-0.15, -0.1) is 0 Å². The van der Waals surface area contributed by atoms with E-state index >= 15 is 0 Å². The molecule has 0 aliphatic carbocycles. The smallest absolute Gasteiger partial charge is 0.202 e. The molecule has 1 aliphatic heterocycles. The van der Waals surface area contributed by atoms with Gasteiger partial charge < -0.3 is 18.9 Å². The van der Waals surface area contributed by atoms with E-state index < -0.39 is 17.4 Å². The molecule has 0 aromatic heterocycles. The van der Waals surface area contributed by atoms with Crippen LogP contribution in [0.2, 0.25) is 5.02 Å². The Bertz CT molecular complexity index is 728. The SMILES string of the molecule is CCC1(COc2ccc(Oc3cc(F)cc(F)c3)cc2Cl)OCCO1. The highest BCUT2D eigenvalue weighted by atomic mass is 35.5. The summed E-state index contributed by atoms with van der Waals surface area (Å²) in [6.07, 6.45) is 0.650. The second-order valence-corrected chi connectivity index (χ2v) is 5.96. The van der Waals surface area contributed by atoms with Gasteiger partial charge in [0.05, 0.1) is 18.2 Å². The fourth-order valence-corrected chi connectivity index (χ4v) is 2.68. The molecule has 0 unspecified atom stereocenters. The van der Waals surface area contributed by atoms with Crippen LogP contribution in [0.3, 0.4) is 0 Å². The van der Waals surface area contributed by atoms with E-state index in [0.29, 0.717) is 36.2 Å². The molecule has 0 bridgehead atoms. The Balaban J connectivity index is 1.68. The highest BCUT2D eigenvalue weighted by molar-refractivity contribution is 6.32. The molecule has 25 heavy (non-hydrogen) atoms. The van der Waals surface area contributed by atoms with Crippen LogP contribution in [0.15, 0.2) is 36.4 Å². The molecule has 2 aromatic carbocycles. The molecular weight excluding hydrogens is 354 g/mol. The van der Waals surface area contributed by atoms with E-state index in [1.54, 1.807) is 12.1 Å². The molecule has 1 heterocycles. The van der Waals surface area contributed by atoms with Crippen molar-refractivity contribution < 1.29 is 27.7 Å². The summed E-state index contributed by atoms with van der Waals surface area (Å²) in [5, 5.41) is 0.304. The molecule has 0 radical (unpaired) electrons.